The Morgan fingerprint density at radius 2 is 2.06 bits per heavy atom. The van der Waals surface area contributed by atoms with E-state index in [1.807, 2.05) is 20.8 Å². The summed E-state index contributed by atoms with van der Waals surface area (Å²) in [6.45, 7) is 6.41. The molecule has 0 aromatic rings. The quantitative estimate of drug-likeness (QED) is 0.660. The Kier molecular flexibility index (Phi) is 2.84. The second-order valence-corrected chi connectivity index (χ2v) is 5.94. The molecule has 1 aliphatic carbocycles. The summed E-state index contributed by atoms with van der Waals surface area (Å²) in [6.07, 6.45) is 4.97. The molecule has 4 nitrogen and oxygen atoms in total. The number of likely N-dealkylation sites (tertiary alicyclic amines) is 1. The molecule has 1 spiro atoms. The molecule has 0 aromatic carbocycles. The molecular formula is C13H21NO3. The standard InChI is InChI=1S/C13H21NO3/c1-12(2,3)17-11(15)14-9-13(6-5-7-13)10(14)8-16-4/h8H,5-7,9H2,1-4H3. The van der Waals surface area contributed by atoms with Crippen LogP contribution in [0, 0.1) is 5.41 Å². The number of amides is 1. The predicted octanol–water partition coefficient (Wildman–Crippen LogP) is 2.90. The molecule has 0 unspecified atom stereocenters. The van der Waals surface area contributed by atoms with Crippen molar-refractivity contribution in [2.45, 2.75) is 45.6 Å². The van der Waals surface area contributed by atoms with E-state index in [1.165, 1.54) is 6.42 Å². The minimum Gasteiger partial charge on any atom is -0.503 e. The van der Waals surface area contributed by atoms with Crippen molar-refractivity contribution in [1.29, 1.82) is 0 Å². The Bertz CT molecular complexity index is 350. The van der Waals surface area contributed by atoms with Crippen molar-refractivity contribution in [1.82, 2.24) is 4.90 Å². The van der Waals surface area contributed by atoms with Gasteiger partial charge in [0.15, 0.2) is 0 Å². The van der Waals surface area contributed by atoms with Crippen molar-refractivity contribution in [3.8, 4) is 0 Å². The van der Waals surface area contributed by atoms with Gasteiger partial charge in [0.2, 0.25) is 0 Å². The minimum atomic E-state index is -0.447. The maximum absolute atomic E-state index is 12.0. The third-order valence-corrected chi connectivity index (χ3v) is 3.45. The number of carbonyl (C=O) groups excluding carboxylic acids is 1. The van der Waals surface area contributed by atoms with E-state index in [9.17, 15) is 4.79 Å². The van der Waals surface area contributed by atoms with E-state index in [4.69, 9.17) is 9.47 Å². The van der Waals surface area contributed by atoms with Crippen LogP contribution in [0.2, 0.25) is 0 Å². The lowest BCUT2D eigenvalue weighted by Crippen LogP contribution is -2.60. The molecule has 2 fully saturated rings. The van der Waals surface area contributed by atoms with Crippen LogP contribution in [0.5, 0.6) is 0 Å². The van der Waals surface area contributed by atoms with E-state index in [-0.39, 0.29) is 11.5 Å². The number of hydrogen-bond donors (Lipinski definition) is 0. The van der Waals surface area contributed by atoms with Gasteiger partial charge in [0.25, 0.3) is 0 Å². The van der Waals surface area contributed by atoms with Crippen LogP contribution in [0.3, 0.4) is 0 Å². The van der Waals surface area contributed by atoms with E-state index in [0.29, 0.717) is 0 Å². The fraction of sp³-hybridized carbons (Fsp3) is 0.769. The monoisotopic (exact) mass is 239 g/mol. The SMILES string of the molecule is COC=C1N(C(=O)OC(C)(C)C)CC12CCC2. The van der Waals surface area contributed by atoms with E-state index < -0.39 is 5.60 Å². The Morgan fingerprint density at radius 3 is 2.47 bits per heavy atom. The highest BCUT2D eigenvalue weighted by Gasteiger charge is 2.55. The Hall–Kier alpha value is -1.19. The summed E-state index contributed by atoms with van der Waals surface area (Å²) >= 11 is 0. The first-order chi connectivity index (χ1) is 7.88. The molecule has 17 heavy (non-hydrogen) atoms. The summed E-state index contributed by atoms with van der Waals surface area (Å²) in [5.74, 6) is 0. The largest absolute Gasteiger partial charge is 0.503 e. The van der Waals surface area contributed by atoms with Gasteiger partial charge in [0, 0.05) is 12.0 Å². The second-order valence-electron chi connectivity index (χ2n) is 5.94. The van der Waals surface area contributed by atoms with Crippen LogP contribution in [0.25, 0.3) is 0 Å². The van der Waals surface area contributed by atoms with Gasteiger partial charge in [-0.25, -0.2) is 4.79 Å². The number of rotatable bonds is 1. The van der Waals surface area contributed by atoms with Crippen molar-refractivity contribution >= 4 is 6.09 Å². The number of hydrogen-bond acceptors (Lipinski definition) is 3. The Labute approximate surface area is 103 Å². The van der Waals surface area contributed by atoms with Crippen LogP contribution in [-0.2, 0) is 9.47 Å². The molecule has 96 valence electrons. The van der Waals surface area contributed by atoms with Crippen LogP contribution in [0.15, 0.2) is 12.0 Å². The smallest absolute Gasteiger partial charge is 0.414 e. The lowest BCUT2D eigenvalue weighted by atomic mass is 9.61. The normalized spacial score (nSPS) is 24.2. The Morgan fingerprint density at radius 1 is 1.41 bits per heavy atom. The average molecular weight is 239 g/mol. The van der Waals surface area contributed by atoms with Gasteiger partial charge in [-0.1, -0.05) is 6.42 Å². The lowest BCUT2D eigenvalue weighted by Gasteiger charge is -2.56. The maximum Gasteiger partial charge on any atom is 0.414 e. The molecule has 2 rings (SSSR count). The third kappa shape index (κ3) is 2.13. The summed E-state index contributed by atoms with van der Waals surface area (Å²) in [4.78, 5) is 13.6. The van der Waals surface area contributed by atoms with Crippen molar-refractivity contribution in [2.24, 2.45) is 5.41 Å². The van der Waals surface area contributed by atoms with Crippen LogP contribution in [0.4, 0.5) is 4.79 Å². The van der Waals surface area contributed by atoms with Crippen LogP contribution >= 0.6 is 0 Å². The molecule has 1 amide bonds. The predicted molar refractivity (Wildman–Crippen MR) is 64.3 cm³/mol. The van der Waals surface area contributed by atoms with Crippen LogP contribution in [-0.4, -0.2) is 30.2 Å². The van der Waals surface area contributed by atoms with Crippen molar-refractivity contribution in [3.63, 3.8) is 0 Å². The number of methoxy groups -OCH3 is 1. The highest BCUT2D eigenvalue weighted by molar-refractivity contribution is 5.73. The lowest BCUT2D eigenvalue weighted by molar-refractivity contribution is -0.0320. The highest BCUT2D eigenvalue weighted by atomic mass is 16.6. The van der Waals surface area contributed by atoms with E-state index in [2.05, 4.69) is 0 Å². The highest BCUT2D eigenvalue weighted by Crippen LogP contribution is 2.55. The molecule has 4 heteroatoms. The molecule has 2 aliphatic rings. The zero-order chi connectivity index (χ0) is 12.7. The van der Waals surface area contributed by atoms with E-state index in [1.54, 1.807) is 18.3 Å². The summed E-state index contributed by atoms with van der Waals surface area (Å²) in [6, 6.07) is 0. The number of nitrogens with zero attached hydrogens (tertiary/aromatic N) is 1. The van der Waals surface area contributed by atoms with Crippen molar-refractivity contribution < 1.29 is 14.3 Å². The fourth-order valence-electron chi connectivity index (χ4n) is 2.46. The Balaban J connectivity index is 2.04. The molecule has 0 bridgehead atoms. The van der Waals surface area contributed by atoms with Crippen LogP contribution < -0.4 is 0 Å². The minimum absolute atomic E-state index is 0.201. The topological polar surface area (TPSA) is 38.8 Å². The maximum atomic E-state index is 12.0. The molecule has 0 radical (unpaired) electrons. The second kappa shape index (κ2) is 3.93. The van der Waals surface area contributed by atoms with Gasteiger partial charge < -0.3 is 9.47 Å². The van der Waals surface area contributed by atoms with Gasteiger partial charge in [0.05, 0.1) is 12.8 Å². The molecule has 0 atom stereocenters. The zero-order valence-corrected chi connectivity index (χ0v) is 11.1. The van der Waals surface area contributed by atoms with Gasteiger partial charge in [-0.15, -0.1) is 0 Å². The molecular weight excluding hydrogens is 218 g/mol. The van der Waals surface area contributed by atoms with Gasteiger partial charge in [-0.3, -0.25) is 4.90 Å². The first kappa shape index (κ1) is 12.3. The summed E-state index contributed by atoms with van der Waals surface area (Å²) < 4.78 is 10.4. The van der Waals surface area contributed by atoms with E-state index >= 15 is 0 Å². The van der Waals surface area contributed by atoms with Crippen molar-refractivity contribution in [3.05, 3.63) is 12.0 Å². The summed E-state index contributed by atoms with van der Waals surface area (Å²) in [7, 11) is 1.62. The van der Waals surface area contributed by atoms with Crippen molar-refractivity contribution in [2.75, 3.05) is 13.7 Å². The van der Waals surface area contributed by atoms with E-state index in [0.717, 1.165) is 25.1 Å². The van der Waals surface area contributed by atoms with Crippen LogP contribution in [0.1, 0.15) is 40.0 Å². The van der Waals surface area contributed by atoms with Gasteiger partial charge >= 0.3 is 6.09 Å². The number of carbonyl (C=O) groups is 1. The zero-order valence-electron chi connectivity index (χ0n) is 11.1. The molecule has 0 aromatic heterocycles. The molecule has 1 aliphatic heterocycles. The average Bonchev–Trinajstić information content (AvgIpc) is 2.07. The molecule has 1 heterocycles. The number of ether oxygens (including phenoxy) is 2. The van der Waals surface area contributed by atoms with Gasteiger partial charge in [-0.05, 0) is 33.6 Å². The molecule has 1 saturated heterocycles. The summed E-state index contributed by atoms with van der Waals surface area (Å²) in [5.41, 5.74) is 0.741. The fourth-order valence-corrected chi connectivity index (χ4v) is 2.46. The van der Waals surface area contributed by atoms with Gasteiger partial charge in [-0.2, -0.15) is 0 Å². The summed E-state index contributed by atoms with van der Waals surface area (Å²) in [5, 5.41) is 0. The molecule has 1 saturated carbocycles. The first-order valence-corrected chi connectivity index (χ1v) is 6.12. The molecule has 0 N–H and O–H groups in total. The first-order valence-electron chi connectivity index (χ1n) is 6.12. The van der Waals surface area contributed by atoms with Gasteiger partial charge in [0.1, 0.15) is 11.9 Å². The third-order valence-electron chi connectivity index (χ3n) is 3.45.